The predicted molar refractivity (Wildman–Crippen MR) is 88.7 cm³/mol. The molecule has 21 heavy (non-hydrogen) atoms. The fourth-order valence-electron chi connectivity index (χ4n) is 3.19. The number of aryl methyl sites for hydroxylation is 1. The summed E-state index contributed by atoms with van der Waals surface area (Å²) >= 11 is 0. The highest BCUT2D eigenvalue weighted by molar-refractivity contribution is 5.43. The summed E-state index contributed by atoms with van der Waals surface area (Å²) in [5.41, 5.74) is 3.01. The second-order valence-electron chi connectivity index (χ2n) is 7.63. The Bertz CT molecular complexity index is 491. The van der Waals surface area contributed by atoms with Crippen molar-refractivity contribution in [1.29, 1.82) is 0 Å². The summed E-state index contributed by atoms with van der Waals surface area (Å²) in [6, 6.07) is 5.28. The molecule has 0 spiro atoms. The number of rotatable bonds is 4. The van der Waals surface area contributed by atoms with E-state index in [1.165, 1.54) is 43.5 Å². The average Bonchev–Trinajstić information content (AvgIpc) is 3.23. The van der Waals surface area contributed by atoms with Crippen LogP contribution in [0.15, 0.2) is 12.1 Å². The van der Waals surface area contributed by atoms with Gasteiger partial charge in [0.2, 0.25) is 0 Å². The van der Waals surface area contributed by atoms with Crippen LogP contribution in [-0.4, -0.2) is 24.1 Å². The van der Waals surface area contributed by atoms with Gasteiger partial charge < -0.3 is 10.2 Å². The lowest BCUT2D eigenvalue weighted by molar-refractivity contribution is 0.325. The Morgan fingerprint density at radius 3 is 2.81 bits per heavy atom. The summed E-state index contributed by atoms with van der Waals surface area (Å²) in [5.74, 6) is 1.18. The van der Waals surface area contributed by atoms with Gasteiger partial charge in [0.25, 0.3) is 0 Å². The zero-order chi connectivity index (χ0) is 14.9. The number of nitrogens with zero attached hydrogens (tertiary/aromatic N) is 2. The predicted octanol–water partition coefficient (Wildman–Crippen LogP) is 3.66. The highest BCUT2D eigenvalue weighted by Crippen LogP contribution is 2.31. The number of hydrogen-bond acceptors (Lipinski definition) is 3. The van der Waals surface area contributed by atoms with Gasteiger partial charge in [0.15, 0.2) is 0 Å². The van der Waals surface area contributed by atoms with Gasteiger partial charge in [-0.2, -0.15) is 0 Å². The van der Waals surface area contributed by atoms with Crippen LogP contribution in [0.4, 0.5) is 5.82 Å². The molecule has 0 radical (unpaired) electrons. The third-order valence-corrected chi connectivity index (χ3v) is 4.84. The summed E-state index contributed by atoms with van der Waals surface area (Å²) in [6.45, 7) is 10.2. The Labute approximate surface area is 129 Å². The van der Waals surface area contributed by atoms with E-state index in [0.29, 0.717) is 5.41 Å². The van der Waals surface area contributed by atoms with Gasteiger partial charge in [-0.1, -0.05) is 13.8 Å². The van der Waals surface area contributed by atoms with Crippen LogP contribution < -0.4 is 10.2 Å². The Balaban J connectivity index is 1.70. The third-order valence-electron chi connectivity index (χ3n) is 4.84. The first-order chi connectivity index (χ1) is 10.0. The van der Waals surface area contributed by atoms with Gasteiger partial charge in [-0.05, 0) is 62.1 Å². The maximum absolute atomic E-state index is 4.79. The monoisotopic (exact) mass is 287 g/mol. The van der Waals surface area contributed by atoms with E-state index in [9.17, 15) is 0 Å². The van der Waals surface area contributed by atoms with Gasteiger partial charge in [0, 0.05) is 31.4 Å². The van der Waals surface area contributed by atoms with Crippen molar-refractivity contribution in [2.24, 2.45) is 5.41 Å². The van der Waals surface area contributed by atoms with E-state index >= 15 is 0 Å². The first kappa shape index (κ1) is 14.8. The van der Waals surface area contributed by atoms with Crippen LogP contribution in [0.3, 0.4) is 0 Å². The van der Waals surface area contributed by atoms with Crippen LogP contribution in [0, 0.1) is 12.3 Å². The molecular weight excluding hydrogens is 258 g/mol. The minimum atomic E-state index is 0.481. The molecule has 1 aromatic rings. The summed E-state index contributed by atoms with van der Waals surface area (Å²) < 4.78 is 0. The van der Waals surface area contributed by atoms with Crippen molar-refractivity contribution in [2.75, 3.05) is 18.0 Å². The normalized spacial score (nSPS) is 22.1. The van der Waals surface area contributed by atoms with Crippen molar-refractivity contribution >= 4 is 5.82 Å². The van der Waals surface area contributed by atoms with E-state index in [4.69, 9.17) is 4.98 Å². The Kier molecular flexibility index (Phi) is 4.21. The van der Waals surface area contributed by atoms with Crippen molar-refractivity contribution in [3.05, 3.63) is 23.4 Å². The lowest BCUT2D eigenvalue weighted by Crippen LogP contribution is -2.26. The van der Waals surface area contributed by atoms with Crippen molar-refractivity contribution in [1.82, 2.24) is 10.3 Å². The molecule has 116 valence electrons. The number of aromatic nitrogens is 1. The van der Waals surface area contributed by atoms with Crippen molar-refractivity contribution in [3.8, 4) is 0 Å². The fraction of sp³-hybridized carbons (Fsp3) is 0.722. The lowest BCUT2D eigenvalue weighted by Gasteiger charge is -2.24. The Hall–Kier alpha value is -1.09. The minimum absolute atomic E-state index is 0.481. The summed E-state index contributed by atoms with van der Waals surface area (Å²) in [5, 5.41) is 3.61. The molecule has 3 heteroatoms. The second kappa shape index (κ2) is 5.96. The third kappa shape index (κ3) is 4.19. The molecule has 1 N–H and O–H groups in total. The molecule has 0 amide bonds. The SMILES string of the molecule is Cc1cc(CNC2CC2)cc(N2CCCC(C)(C)CC2)n1. The Morgan fingerprint density at radius 2 is 2.05 bits per heavy atom. The van der Waals surface area contributed by atoms with Crippen LogP contribution >= 0.6 is 0 Å². The smallest absolute Gasteiger partial charge is 0.129 e. The summed E-state index contributed by atoms with van der Waals surface area (Å²) in [6.07, 6.45) is 6.55. The number of nitrogens with one attached hydrogen (secondary N) is 1. The van der Waals surface area contributed by atoms with E-state index in [0.717, 1.165) is 31.4 Å². The molecule has 2 heterocycles. The zero-order valence-corrected chi connectivity index (χ0v) is 13.8. The molecule has 0 bridgehead atoms. The summed E-state index contributed by atoms with van der Waals surface area (Å²) in [4.78, 5) is 7.28. The molecule has 1 aliphatic carbocycles. The van der Waals surface area contributed by atoms with Gasteiger partial charge in [0.1, 0.15) is 5.82 Å². The molecule has 1 aromatic heterocycles. The quantitative estimate of drug-likeness (QED) is 0.916. The molecule has 2 fully saturated rings. The molecule has 3 nitrogen and oxygen atoms in total. The maximum atomic E-state index is 4.79. The highest BCUT2D eigenvalue weighted by Gasteiger charge is 2.24. The Morgan fingerprint density at radius 1 is 1.24 bits per heavy atom. The zero-order valence-electron chi connectivity index (χ0n) is 13.8. The molecule has 0 atom stereocenters. The molecule has 1 aliphatic heterocycles. The average molecular weight is 287 g/mol. The van der Waals surface area contributed by atoms with E-state index in [-0.39, 0.29) is 0 Å². The van der Waals surface area contributed by atoms with Crippen LogP contribution in [0.5, 0.6) is 0 Å². The topological polar surface area (TPSA) is 28.2 Å². The maximum Gasteiger partial charge on any atom is 0.129 e. The van der Waals surface area contributed by atoms with Crippen molar-refractivity contribution < 1.29 is 0 Å². The molecule has 2 aliphatic rings. The van der Waals surface area contributed by atoms with E-state index in [1.807, 2.05) is 0 Å². The second-order valence-corrected chi connectivity index (χ2v) is 7.63. The fourth-order valence-corrected chi connectivity index (χ4v) is 3.19. The van der Waals surface area contributed by atoms with Crippen molar-refractivity contribution in [3.63, 3.8) is 0 Å². The standard InChI is InChI=1S/C18H29N3/c1-14-11-15(13-19-16-5-6-16)12-17(20-14)21-9-4-7-18(2,3)8-10-21/h11-12,16,19H,4-10,13H2,1-3H3. The van der Waals surface area contributed by atoms with E-state index < -0.39 is 0 Å². The molecule has 0 unspecified atom stereocenters. The first-order valence-corrected chi connectivity index (χ1v) is 8.48. The molecule has 3 rings (SSSR count). The highest BCUT2D eigenvalue weighted by atomic mass is 15.2. The van der Waals surface area contributed by atoms with Crippen LogP contribution in [0.1, 0.15) is 57.2 Å². The minimum Gasteiger partial charge on any atom is -0.357 e. The van der Waals surface area contributed by atoms with E-state index in [2.05, 4.69) is 43.1 Å². The van der Waals surface area contributed by atoms with Crippen LogP contribution in [0.25, 0.3) is 0 Å². The van der Waals surface area contributed by atoms with Gasteiger partial charge in [-0.3, -0.25) is 0 Å². The number of pyridine rings is 1. The van der Waals surface area contributed by atoms with Crippen LogP contribution in [0.2, 0.25) is 0 Å². The molecular formula is C18H29N3. The summed E-state index contributed by atoms with van der Waals surface area (Å²) in [7, 11) is 0. The largest absolute Gasteiger partial charge is 0.357 e. The van der Waals surface area contributed by atoms with Crippen LogP contribution in [-0.2, 0) is 6.54 Å². The van der Waals surface area contributed by atoms with Gasteiger partial charge in [0.05, 0.1) is 0 Å². The molecule has 1 saturated heterocycles. The van der Waals surface area contributed by atoms with E-state index in [1.54, 1.807) is 0 Å². The van der Waals surface area contributed by atoms with Gasteiger partial charge in [-0.15, -0.1) is 0 Å². The number of anilines is 1. The van der Waals surface area contributed by atoms with Gasteiger partial charge >= 0.3 is 0 Å². The number of hydrogen-bond donors (Lipinski definition) is 1. The van der Waals surface area contributed by atoms with Gasteiger partial charge in [-0.25, -0.2) is 4.98 Å². The lowest BCUT2D eigenvalue weighted by atomic mass is 9.85. The molecule has 0 aromatic carbocycles. The first-order valence-electron chi connectivity index (χ1n) is 8.48. The molecule has 1 saturated carbocycles. The van der Waals surface area contributed by atoms with Crippen molar-refractivity contribution in [2.45, 2.75) is 65.5 Å².